The predicted octanol–water partition coefficient (Wildman–Crippen LogP) is 2.58. The highest BCUT2D eigenvalue weighted by Gasteiger charge is 2.10. The van der Waals surface area contributed by atoms with Crippen LogP contribution in [-0.4, -0.2) is 9.97 Å². The van der Waals surface area contributed by atoms with Crippen LogP contribution in [0.1, 0.15) is 0 Å². The van der Waals surface area contributed by atoms with E-state index >= 15 is 0 Å². The summed E-state index contributed by atoms with van der Waals surface area (Å²) in [6.07, 6.45) is 3.17. The lowest BCUT2D eigenvalue weighted by molar-refractivity contribution is 0.577. The third kappa shape index (κ3) is 1.78. The van der Waals surface area contributed by atoms with E-state index in [0.717, 1.165) is 0 Å². The molecule has 0 aliphatic heterocycles. The van der Waals surface area contributed by atoms with Gasteiger partial charge in [0.1, 0.15) is 11.4 Å². The van der Waals surface area contributed by atoms with E-state index in [2.05, 4.69) is 9.97 Å². The molecule has 0 aromatic carbocycles. The first-order chi connectivity index (χ1) is 8.33. The van der Waals surface area contributed by atoms with E-state index in [1.165, 1.54) is 0 Å². The Balaban J connectivity index is 2.13. The molecule has 17 heavy (non-hydrogen) atoms. The molecular weight excluding hydrogens is 218 g/mol. The van der Waals surface area contributed by atoms with Gasteiger partial charge in [-0.2, -0.15) is 0 Å². The Morgan fingerprint density at radius 1 is 0.882 bits per heavy atom. The highest BCUT2D eigenvalue weighted by atomic mass is 16.3. The van der Waals surface area contributed by atoms with Gasteiger partial charge in [-0.15, -0.1) is 0 Å². The average molecular weight is 227 g/mol. The lowest BCUT2D eigenvalue weighted by Crippen LogP contribution is -1.97. The van der Waals surface area contributed by atoms with Crippen LogP contribution in [0.15, 0.2) is 51.7 Å². The molecule has 0 unspecified atom stereocenters. The van der Waals surface area contributed by atoms with E-state index < -0.39 is 0 Å². The minimum Gasteiger partial charge on any atom is -0.463 e. The molecule has 5 heteroatoms. The highest BCUT2D eigenvalue weighted by molar-refractivity contribution is 5.63. The number of rotatable bonds is 2. The maximum atomic E-state index is 5.67. The van der Waals surface area contributed by atoms with E-state index in [0.29, 0.717) is 22.9 Å². The van der Waals surface area contributed by atoms with Crippen molar-refractivity contribution in [1.82, 2.24) is 9.97 Å². The second-order valence-corrected chi connectivity index (χ2v) is 3.45. The van der Waals surface area contributed by atoms with Crippen molar-refractivity contribution in [3.63, 3.8) is 0 Å². The van der Waals surface area contributed by atoms with Crippen LogP contribution in [-0.2, 0) is 0 Å². The Morgan fingerprint density at radius 3 is 1.82 bits per heavy atom. The predicted molar refractivity (Wildman–Crippen MR) is 61.8 cm³/mol. The average Bonchev–Trinajstić information content (AvgIpc) is 3.02. The molecule has 0 atom stereocenters. The molecule has 0 spiro atoms. The molecule has 0 aliphatic rings. The number of anilines is 1. The highest BCUT2D eigenvalue weighted by Crippen LogP contribution is 2.24. The zero-order valence-electron chi connectivity index (χ0n) is 8.83. The van der Waals surface area contributed by atoms with Gasteiger partial charge >= 0.3 is 0 Å². The monoisotopic (exact) mass is 227 g/mol. The molecule has 0 radical (unpaired) electrons. The minimum absolute atomic E-state index is 0.185. The second-order valence-electron chi connectivity index (χ2n) is 3.45. The maximum absolute atomic E-state index is 5.67. The summed E-state index contributed by atoms with van der Waals surface area (Å²) in [7, 11) is 0. The largest absolute Gasteiger partial charge is 0.463 e. The van der Waals surface area contributed by atoms with Crippen LogP contribution >= 0.6 is 0 Å². The first kappa shape index (κ1) is 9.65. The molecule has 2 N–H and O–H groups in total. The number of nitrogens with zero attached hydrogens (tertiary/aromatic N) is 2. The van der Waals surface area contributed by atoms with Crippen LogP contribution in [0.25, 0.3) is 22.9 Å². The Bertz CT molecular complexity index is 563. The van der Waals surface area contributed by atoms with Crippen LogP contribution in [0.3, 0.4) is 0 Å². The topological polar surface area (TPSA) is 78.1 Å². The normalized spacial score (nSPS) is 10.6. The van der Waals surface area contributed by atoms with Crippen LogP contribution in [0.4, 0.5) is 5.95 Å². The number of hydrogen-bond donors (Lipinski definition) is 1. The first-order valence-corrected chi connectivity index (χ1v) is 5.05. The summed E-state index contributed by atoms with van der Waals surface area (Å²) in [5.41, 5.74) is 6.93. The number of nitrogens with two attached hydrogens (primary N) is 1. The van der Waals surface area contributed by atoms with Gasteiger partial charge in [0.25, 0.3) is 0 Å². The van der Waals surface area contributed by atoms with Crippen molar-refractivity contribution in [3.05, 3.63) is 42.9 Å². The van der Waals surface area contributed by atoms with Gasteiger partial charge in [-0.3, -0.25) is 0 Å². The summed E-state index contributed by atoms with van der Waals surface area (Å²) in [5, 5.41) is 0. The molecule has 3 aromatic heterocycles. The minimum atomic E-state index is 0.185. The Kier molecular flexibility index (Phi) is 2.15. The molecule has 5 nitrogen and oxygen atoms in total. The standard InChI is InChI=1S/C12H9N3O2/c13-12-14-8(10-3-1-5-16-10)7-9(15-12)11-4-2-6-17-11/h1-7H,(H2,13,14,15). The van der Waals surface area contributed by atoms with Gasteiger partial charge < -0.3 is 14.6 Å². The summed E-state index contributed by atoms with van der Waals surface area (Å²) in [4.78, 5) is 8.23. The van der Waals surface area contributed by atoms with Crippen LogP contribution in [0.5, 0.6) is 0 Å². The fourth-order valence-corrected chi connectivity index (χ4v) is 1.57. The van der Waals surface area contributed by atoms with Gasteiger partial charge in [0.15, 0.2) is 11.5 Å². The van der Waals surface area contributed by atoms with Gasteiger partial charge in [0.2, 0.25) is 5.95 Å². The third-order valence-electron chi connectivity index (χ3n) is 2.29. The summed E-state index contributed by atoms with van der Waals surface area (Å²) in [6, 6.07) is 8.98. The Labute approximate surface area is 96.9 Å². The molecule has 3 rings (SSSR count). The molecule has 0 saturated carbocycles. The Hall–Kier alpha value is -2.56. The van der Waals surface area contributed by atoms with Gasteiger partial charge in [-0.25, -0.2) is 9.97 Å². The molecule has 3 aromatic rings. The zero-order chi connectivity index (χ0) is 11.7. The number of furan rings is 2. The van der Waals surface area contributed by atoms with Crippen molar-refractivity contribution in [1.29, 1.82) is 0 Å². The molecule has 0 bridgehead atoms. The summed E-state index contributed by atoms with van der Waals surface area (Å²) in [6.45, 7) is 0. The van der Waals surface area contributed by atoms with E-state index in [1.54, 1.807) is 30.7 Å². The Morgan fingerprint density at radius 2 is 1.41 bits per heavy atom. The van der Waals surface area contributed by atoms with Gasteiger partial charge in [0, 0.05) is 0 Å². The van der Waals surface area contributed by atoms with E-state index in [9.17, 15) is 0 Å². The van der Waals surface area contributed by atoms with Crippen molar-refractivity contribution in [2.24, 2.45) is 0 Å². The first-order valence-electron chi connectivity index (χ1n) is 5.05. The zero-order valence-corrected chi connectivity index (χ0v) is 8.83. The van der Waals surface area contributed by atoms with Crippen molar-refractivity contribution >= 4 is 5.95 Å². The molecule has 84 valence electrons. The van der Waals surface area contributed by atoms with Crippen LogP contribution in [0.2, 0.25) is 0 Å². The third-order valence-corrected chi connectivity index (χ3v) is 2.29. The molecule has 0 saturated heterocycles. The van der Waals surface area contributed by atoms with Crippen molar-refractivity contribution in [2.75, 3.05) is 5.73 Å². The van der Waals surface area contributed by atoms with Gasteiger partial charge in [-0.1, -0.05) is 0 Å². The molecule has 0 fully saturated rings. The number of aromatic nitrogens is 2. The maximum Gasteiger partial charge on any atom is 0.221 e. The summed E-state index contributed by atoms with van der Waals surface area (Å²) >= 11 is 0. The smallest absolute Gasteiger partial charge is 0.221 e. The SMILES string of the molecule is Nc1nc(-c2ccco2)cc(-c2ccco2)n1. The van der Waals surface area contributed by atoms with Gasteiger partial charge in [-0.05, 0) is 30.3 Å². The van der Waals surface area contributed by atoms with Crippen molar-refractivity contribution in [3.8, 4) is 22.9 Å². The van der Waals surface area contributed by atoms with E-state index in [1.807, 2.05) is 12.1 Å². The fourth-order valence-electron chi connectivity index (χ4n) is 1.57. The van der Waals surface area contributed by atoms with Gasteiger partial charge in [0.05, 0.1) is 12.5 Å². The lowest BCUT2D eigenvalue weighted by atomic mass is 10.2. The molecule has 3 heterocycles. The molecule has 0 aliphatic carbocycles. The van der Waals surface area contributed by atoms with Crippen LogP contribution in [0, 0.1) is 0 Å². The quantitative estimate of drug-likeness (QED) is 0.727. The summed E-state index contributed by atoms with van der Waals surface area (Å²) in [5.74, 6) is 1.48. The van der Waals surface area contributed by atoms with E-state index in [4.69, 9.17) is 14.6 Å². The second kappa shape index (κ2) is 3.79. The van der Waals surface area contributed by atoms with Crippen molar-refractivity contribution < 1.29 is 8.83 Å². The number of nitrogen functional groups attached to an aromatic ring is 1. The summed E-state index contributed by atoms with van der Waals surface area (Å²) < 4.78 is 10.5. The number of hydrogen-bond acceptors (Lipinski definition) is 5. The molecular formula is C12H9N3O2. The molecule has 0 amide bonds. The van der Waals surface area contributed by atoms with Crippen molar-refractivity contribution in [2.45, 2.75) is 0 Å². The lowest BCUT2D eigenvalue weighted by Gasteiger charge is -2.01. The fraction of sp³-hybridized carbons (Fsp3) is 0. The van der Waals surface area contributed by atoms with E-state index in [-0.39, 0.29) is 5.95 Å². The van der Waals surface area contributed by atoms with Crippen LogP contribution < -0.4 is 5.73 Å².